The highest BCUT2D eigenvalue weighted by Gasteiger charge is 2.32. The van der Waals surface area contributed by atoms with Gasteiger partial charge in [0.05, 0.1) is 34.4 Å². The number of rotatable bonds is 16. The van der Waals surface area contributed by atoms with Crippen LogP contribution in [0.2, 0.25) is 0 Å². The molecule has 2 fully saturated rings. The van der Waals surface area contributed by atoms with Crippen LogP contribution in [0.3, 0.4) is 0 Å². The van der Waals surface area contributed by atoms with Crippen LogP contribution in [0.5, 0.6) is 5.75 Å². The van der Waals surface area contributed by atoms with Gasteiger partial charge in [0.2, 0.25) is 17.8 Å². The first kappa shape index (κ1) is 45.5. The molecule has 330 valence electrons. The van der Waals surface area contributed by atoms with Crippen LogP contribution >= 0.6 is 23.1 Å². The van der Waals surface area contributed by atoms with E-state index in [9.17, 15) is 28.2 Å². The number of carbonyl (C=O) groups excluding carboxylic acids is 2. The summed E-state index contributed by atoms with van der Waals surface area (Å²) in [5.41, 5.74) is 4.67. The van der Waals surface area contributed by atoms with E-state index in [0.717, 1.165) is 50.1 Å². The number of pyridine rings is 1. The maximum Gasteiger partial charge on any atom is 0.234 e. The standard InChI is InChI=1S/C45H50BrF2N10O4P/c1-5-27-22-37(55-45-52-25-32(46)43(57-45)54-36-10-9-35-30(42(36)63(3,4)61)7-6-29(24-49)53-35)39(62-2)23-38(27)58-18-13-28(14-19-58)51-17-16-50-15-12-26-20-33(47)41(34(48)21-26)31-8-11-40(59)56-44(31)60/h6-7,9-10,20-23,25,28,31,50-51H,5,8,11-19H2,1-4H3,(H,56,59,60)(H2,52,54,55,57)/t31-/m1/s1. The number of benzene rings is 3. The predicted molar refractivity (Wildman–Crippen MR) is 246 cm³/mol. The van der Waals surface area contributed by atoms with Crippen molar-refractivity contribution < 1.29 is 27.7 Å². The van der Waals surface area contributed by atoms with E-state index in [1.807, 2.05) is 0 Å². The Kier molecular flexibility index (Phi) is 14.4. The molecule has 0 saturated carbocycles. The summed E-state index contributed by atoms with van der Waals surface area (Å²) in [4.78, 5) is 39.7. The van der Waals surface area contributed by atoms with Crippen molar-refractivity contribution in [1.82, 2.24) is 30.9 Å². The van der Waals surface area contributed by atoms with Crippen LogP contribution in [-0.2, 0) is 27.0 Å². The van der Waals surface area contributed by atoms with Gasteiger partial charge in [-0.2, -0.15) is 10.2 Å². The fourth-order valence-electron chi connectivity index (χ4n) is 8.28. The number of imide groups is 1. The Balaban J connectivity index is 0.926. The largest absolute Gasteiger partial charge is 0.494 e. The number of hydrogen-bond acceptors (Lipinski definition) is 13. The zero-order valence-corrected chi connectivity index (χ0v) is 38.1. The molecule has 2 amide bonds. The van der Waals surface area contributed by atoms with E-state index in [0.29, 0.717) is 80.7 Å². The molecule has 7 rings (SSSR count). The molecule has 63 heavy (non-hydrogen) atoms. The summed E-state index contributed by atoms with van der Waals surface area (Å²) >= 11 is 3.57. The van der Waals surface area contributed by atoms with Gasteiger partial charge in [0.1, 0.15) is 42.1 Å². The van der Waals surface area contributed by atoms with Crippen molar-refractivity contribution in [3.63, 3.8) is 0 Å². The summed E-state index contributed by atoms with van der Waals surface area (Å²) in [7, 11) is -1.19. The molecule has 2 saturated heterocycles. The maximum absolute atomic E-state index is 14.9. The first-order chi connectivity index (χ1) is 30.3. The quantitative estimate of drug-likeness (QED) is 0.0382. The number of carbonyl (C=O) groups is 2. The van der Waals surface area contributed by atoms with Crippen LogP contribution in [0, 0.1) is 23.0 Å². The molecule has 3 aromatic carbocycles. The second-order valence-corrected chi connectivity index (χ2v) is 20.1. The molecule has 0 bridgehead atoms. The molecule has 2 aliphatic rings. The van der Waals surface area contributed by atoms with Gasteiger partial charge < -0.3 is 35.5 Å². The fraction of sp³-hybridized carbons (Fsp3) is 0.378. The molecule has 1 atom stereocenters. The number of aromatic nitrogens is 3. The smallest absolute Gasteiger partial charge is 0.234 e. The topological polar surface area (TPSA) is 186 Å². The number of nitrogens with one attached hydrogen (secondary N) is 5. The molecule has 0 aliphatic carbocycles. The van der Waals surface area contributed by atoms with Gasteiger partial charge in [0.25, 0.3) is 0 Å². The Morgan fingerprint density at radius 1 is 0.984 bits per heavy atom. The third kappa shape index (κ3) is 10.6. The van der Waals surface area contributed by atoms with E-state index < -0.39 is 36.5 Å². The number of fused-ring (bicyclic) bond motifs is 1. The molecule has 5 aromatic rings. The van der Waals surface area contributed by atoms with Crippen LogP contribution in [0.25, 0.3) is 10.9 Å². The molecule has 14 nitrogen and oxygen atoms in total. The van der Waals surface area contributed by atoms with Crippen molar-refractivity contribution in [2.24, 2.45) is 0 Å². The van der Waals surface area contributed by atoms with Crippen LogP contribution < -0.4 is 41.5 Å². The number of ether oxygens (including phenoxy) is 1. The van der Waals surface area contributed by atoms with Gasteiger partial charge in [-0.3, -0.25) is 14.9 Å². The molecule has 0 unspecified atom stereocenters. The zero-order chi connectivity index (χ0) is 44.8. The van der Waals surface area contributed by atoms with Crippen molar-refractivity contribution in [3.8, 4) is 11.8 Å². The number of amides is 2. The summed E-state index contributed by atoms with van der Waals surface area (Å²) in [5.74, 6) is -2.19. The number of halogens is 3. The zero-order valence-electron chi connectivity index (χ0n) is 35.6. The minimum absolute atomic E-state index is 0.0521. The maximum atomic E-state index is 14.9. The Hall–Kier alpha value is -5.53. The van der Waals surface area contributed by atoms with Gasteiger partial charge in [0, 0.05) is 72.8 Å². The monoisotopic (exact) mass is 942 g/mol. The fourth-order valence-corrected chi connectivity index (χ4v) is 10.1. The summed E-state index contributed by atoms with van der Waals surface area (Å²) in [6, 6.07) is 16.1. The van der Waals surface area contributed by atoms with Crippen LogP contribution in [0.1, 0.15) is 60.9 Å². The second-order valence-electron chi connectivity index (χ2n) is 16.1. The number of nitrogens with zero attached hydrogens (tertiary/aromatic N) is 5. The van der Waals surface area contributed by atoms with E-state index in [4.69, 9.17) is 9.72 Å². The van der Waals surface area contributed by atoms with Crippen molar-refractivity contribution in [2.45, 2.75) is 57.4 Å². The summed E-state index contributed by atoms with van der Waals surface area (Å²) in [6.07, 6.45) is 4.90. The van der Waals surface area contributed by atoms with Gasteiger partial charge in [-0.25, -0.2) is 18.7 Å². The molecule has 18 heteroatoms. The summed E-state index contributed by atoms with van der Waals surface area (Å²) < 4.78 is 49.9. The number of methoxy groups -OCH3 is 1. The molecule has 4 heterocycles. The number of hydrogen-bond donors (Lipinski definition) is 5. The minimum atomic E-state index is -2.83. The average molecular weight is 944 g/mol. The Morgan fingerprint density at radius 2 is 1.75 bits per heavy atom. The lowest BCUT2D eigenvalue weighted by Crippen LogP contribution is -2.44. The number of piperidine rings is 2. The summed E-state index contributed by atoms with van der Waals surface area (Å²) in [6.45, 7) is 9.22. The average Bonchev–Trinajstić information content (AvgIpc) is 3.25. The van der Waals surface area contributed by atoms with E-state index in [1.54, 1.807) is 50.9 Å². The van der Waals surface area contributed by atoms with Gasteiger partial charge in [-0.05, 0) is 121 Å². The van der Waals surface area contributed by atoms with Crippen molar-refractivity contribution in [2.75, 3.05) is 68.7 Å². The Morgan fingerprint density at radius 3 is 2.43 bits per heavy atom. The normalized spacial score (nSPS) is 15.9. The Bertz CT molecular complexity index is 2610. The molecular weight excluding hydrogens is 893 g/mol. The van der Waals surface area contributed by atoms with E-state index in [2.05, 4.69) is 82.5 Å². The summed E-state index contributed by atoms with van der Waals surface area (Å²) in [5, 5.41) is 26.5. The molecule has 2 aliphatic heterocycles. The third-order valence-corrected chi connectivity index (χ3v) is 13.5. The van der Waals surface area contributed by atoms with Crippen molar-refractivity contribution in [3.05, 3.63) is 93.2 Å². The van der Waals surface area contributed by atoms with Gasteiger partial charge in [-0.15, -0.1) is 0 Å². The predicted octanol–water partition coefficient (Wildman–Crippen LogP) is 7.15. The second kappa shape index (κ2) is 19.9. The minimum Gasteiger partial charge on any atom is -0.494 e. The third-order valence-electron chi connectivity index (χ3n) is 11.4. The Labute approximate surface area is 373 Å². The SMILES string of the molecule is CCc1cc(Nc2ncc(Br)c(Nc3ccc4nc(C#N)ccc4c3P(C)(C)=O)n2)c(OC)cc1N1CCC(NCCNCCc2cc(F)c([C@H]3CCC(=O)NC3=O)c(F)c2)CC1. The number of nitriles is 1. The molecular formula is C45H50BrF2N10O4P. The lowest BCUT2D eigenvalue weighted by Gasteiger charge is -2.35. The number of anilines is 5. The van der Waals surface area contributed by atoms with E-state index >= 15 is 0 Å². The highest BCUT2D eigenvalue weighted by Crippen LogP contribution is 2.42. The van der Waals surface area contributed by atoms with E-state index in [1.165, 1.54) is 12.1 Å². The molecule has 2 aromatic heterocycles. The highest BCUT2D eigenvalue weighted by atomic mass is 79.9. The highest BCUT2D eigenvalue weighted by molar-refractivity contribution is 9.10. The van der Waals surface area contributed by atoms with Crippen LogP contribution in [-0.4, -0.2) is 86.0 Å². The van der Waals surface area contributed by atoms with Crippen molar-refractivity contribution >= 4 is 79.9 Å². The molecule has 5 N–H and O–H groups in total. The lowest BCUT2D eigenvalue weighted by atomic mass is 9.89. The van der Waals surface area contributed by atoms with Gasteiger partial charge in [0.15, 0.2) is 0 Å². The first-order valence-corrected chi connectivity index (χ1v) is 24.3. The van der Waals surface area contributed by atoms with Crippen LogP contribution in [0.4, 0.5) is 37.6 Å². The molecule has 0 spiro atoms. The lowest BCUT2D eigenvalue weighted by molar-refractivity contribution is -0.134. The van der Waals surface area contributed by atoms with E-state index in [-0.39, 0.29) is 24.1 Å². The van der Waals surface area contributed by atoms with Crippen LogP contribution in [0.15, 0.2) is 59.2 Å². The van der Waals surface area contributed by atoms with Crippen molar-refractivity contribution in [1.29, 1.82) is 5.26 Å². The number of aryl methyl sites for hydroxylation is 1. The van der Waals surface area contributed by atoms with Gasteiger partial charge in [-0.1, -0.05) is 6.92 Å². The van der Waals surface area contributed by atoms with Gasteiger partial charge >= 0.3 is 0 Å². The first-order valence-electron chi connectivity index (χ1n) is 20.9. The molecule has 0 radical (unpaired) electrons.